The smallest absolute Gasteiger partial charge is 0.357 e. The molecule has 10 heteroatoms. The molecule has 0 bridgehead atoms. The number of amides is 1. The largest absolute Gasteiger partial charge is 0.435 e. The van der Waals surface area contributed by atoms with Gasteiger partial charge in [-0.3, -0.25) is 9.48 Å². The molecule has 3 N–H and O–H groups in total. The fourth-order valence-corrected chi connectivity index (χ4v) is 2.74. The number of hydrogen-bond donors (Lipinski definition) is 3. The van der Waals surface area contributed by atoms with E-state index in [9.17, 15) is 18.0 Å². The quantitative estimate of drug-likeness (QED) is 0.482. The van der Waals surface area contributed by atoms with Crippen molar-refractivity contribution in [1.82, 2.24) is 25.7 Å². The molecule has 0 radical (unpaired) electrons. The Morgan fingerprint density at radius 3 is 2.69 bits per heavy atom. The number of rotatable bonds is 7. The van der Waals surface area contributed by atoms with E-state index in [2.05, 4.69) is 26.0 Å². The van der Waals surface area contributed by atoms with Crippen LogP contribution in [0.15, 0.2) is 35.5 Å². The summed E-state index contributed by atoms with van der Waals surface area (Å²) in [7, 11) is 3.01. The minimum atomic E-state index is -4.52. The number of aliphatic imine (C=N–C) groups is 1. The molecule has 0 aliphatic rings. The predicted octanol–water partition coefficient (Wildman–Crippen LogP) is 2.10. The zero-order valence-electron chi connectivity index (χ0n) is 16.6. The lowest BCUT2D eigenvalue weighted by Gasteiger charge is -2.12. The van der Waals surface area contributed by atoms with Crippen LogP contribution in [0.2, 0.25) is 0 Å². The standard InChI is InChI=1S/C19H25F3N6O/c1-4-24-18(26-11-15-12-28(3)27-16(15)19(20,21)22)25-9-8-13-6-5-7-14(10-13)17(29)23-2/h5-7,10,12H,4,8-9,11H2,1-3H3,(H,23,29)(H2,24,25,26). The fourth-order valence-electron chi connectivity index (χ4n) is 2.74. The molecule has 2 aromatic rings. The van der Waals surface area contributed by atoms with Crippen molar-refractivity contribution in [1.29, 1.82) is 0 Å². The van der Waals surface area contributed by atoms with E-state index in [1.807, 2.05) is 13.0 Å². The van der Waals surface area contributed by atoms with Gasteiger partial charge in [-0.15, -0.1) is 0 Å². The number of nitrogens with one attached hydrogen (secondary N) is 3. The molecular weight excluding hydrogens is 385 g/mol. The molecule has 0 aliphatic carbocycles. The lowest BCUT2D eigenvalue weighted by molar-refractivity contribution is -0.142. The van der Waals surface area contributed by atoms with Crippen molar-refractivity contribution in [2.24, 2.45) is 12.0 Å². The number of nitrogens with zero attached hydrogens (tertiary/aromatic N) is 3. The van der Waals surface area contributed by atoms with Gasteiger partial charge in [0.25, 0.3) is 5.91 Å². The molecule has 1 amide bonds. The summed E-state index contributed by atoms with van der Waals surface area (Å²) in [4.78, 5) is 15.9. The normalized spacial score (nSPS) is 12.0. The Hall–Kier alpha value is -3.04. The topological polar surface area (TPSA) is 83.3 Å². The molecule has 7 nitrogen and oxygen atoms in total. The van der Waals surface area contributed by atoms with E-state index in [1.165, 1.54) is 13.2 Å². The van der Waals surface area contributed by atoms with Gasteiger partial charge in [0, 0.05) is 44.5 Å². The number of halogens is 3. The van der Waals surface area contributed by atoms with Crippen LogP contribution in [0.25, 0.3) is 0 Å². The molecule has 0 atom stereocenters. The molecule has 0 unspecified atom stereocenters. The highest BCUT2D eigenvalue weighted by molar-refractivity contribution is 5.94. The van der Waals surface area contributed by atoms with Crippen LogP contribution in [0.3, 0.4) is 0 Å². The zero-order chi connectivity index (χ0) is 21.4. The maximum absolute atomic E-state index is 13.1. The number of alkyl halides is 3. The van der Waals surface area contributed by atoms with Crippen molar-refractivity contribution in [2.45, 2.75) is 26.1 Å². The Labute approximate surface area is 167 Å². The van der Waals surface area contributed by atoms with Crippen LogP contribution in [0, 0.1) is 0 Å². The summed E-state index contributed by atoms with van der Waals surface area (Å²) in [6.07, 6.45) is -2.58. The van der Waals surface area contributed by atoms with Gasteiger partial charge in [0.15, 0.2) is 11.7 Å². The summed E-state index contributed by atoms with van der Waals surface area (Å²) in [5.41, 5.74) is 0.615. The van der Waals surface area contributed by atoms with E-state index in [0.29, 0.717) is 31.0 Å². The predicted molar refractivity (Wildman–Crippen MR) is 105 cm³/mol. The summed E-state index contributed by atoms with van der Waals surface area (Å²) in [5, 5.41) is 12.2. The number of carbonyl (C=O) groups excluding carboxylic acids is 1. The van der Waals surface area contributed by atoms with Gasteiger partial charge in [0.2, 0.25) is 0 Å². The van der Waals surface area contributed by atoms with Crippen LogP contribution in [-0.2, 0) is 26.2 Å². The van der Waals surface area contributed by atoms with Crippen molar-refractivity contribution in [3.05, 3.63) is 52.8 Å². The van der Waals surface area contributed by atoms with Gasteiger partial charge in [-0.1, -0.05) is 12.1 Å². The Morgan fingerprint density at radius 1 is 1.28 bits per heavy atom. The Bertz CT molecular complexity index is 860. The van der Waals surface area contributed by atoms with E-state index >= 15 is 0 Å². The number of aromatic nitrogens is 2. The molecule has 0 fully saturated rings. The number of benzene rings is 1. The number of carbonyl (C=O) groups is 1. The van der Waals surface area contributed by atoms with E-state index in [0.717, 1.165) is 10.2 Å². The highest BCUT2D eigenvalue weighted by atomic mass is 19.4. The molecule has 1 aromatic carbocycles. The molecule has 0 saturated carbocycles. The van der Waals surface area contributed by atoms with Gasteiger partial charge >= 0.3 is 6.18 Å². The molecule has 29 heavy (non-hydrogen) atoms. The first-order valence-corrected chi connectivity index (χ1v) is 9.17. The van der Waals surface area contributed by atoms with Crippen LogP contribution in [0.1, 0.15) is 34.1 Å². The van der Waals surface area contributed by atoms with Crippen LogP contribution >= 0.6 is 0 Å². The van der Waals surface area contributed by atoms with E-state index in [1.54, 1.807) is 25.2 Å². The van der Waals surface area contributed by atoms with Crippen molar-refractivity contribution in [2.75, 3.05) is 20.1 Å². The van der Waals surface area contributed by atoms with Gasteiger partial charge in [0.05, 0.1) is 6.54 Å². The Balaban J connectivity index is 2.01. The summed E-state index contributed by atoms with van der Waals surface area (Å²) in [6, 6.07) is 7.24. The third-order valence-corrected chi connectivity index (χ3v) is 4.05. The van der Waals surface area contributed by atoms with Crippen LogP contribution in [0.4, 0.5) is 13.2 Å². The number of hydrogen-bond acceptors (Lipinski definition) is 3. The number of aryl methyl sites for hydroxylation is 1. The van der Waals surface area contributed by atoms with Crippen LogP contribution < -0.4 is 16.0 Å². The van der Waals surface area contributed by atoms with E-state index in [-0.39, 0.29) is 18.0 Å². The van der Waals surface area contributed by atoms with Gasteiger partial charge in [-0.2, -0.15) is 18.3 Å². The molecule has 158 valence electrons. The fraction of sp³-hybridized carbons (Fsp3) is 0.421. The first-order valence-electron chi connectivity index (χ1n) is 9.17. The second kappa shape index (κ2) is 9.94. The Kier molecular flexibility index (Phi) is 7.63. The second-order valence-electron chi connectivity index (χ2n) is 6.33. The molecule has 1 heterocycles. The van der Waals surface area contributed by atoms with Crippen molar-refractivity contribution in [3.8, 4) is 0 Å². The second-order valence-corrected chi connectivity index (χ2v) is 6.33. The molecular formula is C19H25F3N6O. The molecule has 2 rings (SSSR count). The molecule has 0 spiro atoms. The highest BCUT2D eigenvalue weighted by Crippen LogP contribution is 2.30. The molecule has 0 aliphatic heterocycles. The Morgan fingerprint density at radius 2 is 2.03 bits per heavy atom. The first-order chi connectivity index (χ1) is 13.7. The van der Waals surface area contributed by atoms with E-state index < -0.39 is 11.9 Å². The summed E-state index contributed by atoms with van der Waals surface area (Å²) in [5.74, 6) is 0.249. The van der Waals surface area contributed by atoms with Crippen molar-refractivity contribution in [3.63, 3.8) is 0 Å². The third kappa shape index (κ3) is 6.51. The summed E-state index contributed by atoms with van der Waals surface area (Å²) in [6.45, 7) is 2.79. The van der Waals surface area contributed by atoms with Crippen LogP contribution in [0.5, 0.6) is 0 Å². The molecule has 1 aromatic heterocycles. The average molecular weight is 410 g/mol. The third-order valence-electron chi connectivity index (χ3n) is 4.05. The highest BCUT2D eigenvalue weighted by Gasteiger charge is 2.36. The lowest BCUT2D eigenvalue weighted by atomic mass is 10.1. The zero-order valence-corrected chi connectivity index (χ0v) is 16.6. The minimum Gasteiger partial charge on any atom is -0.357 e. The SMILES string of the molecule is CCNC(=NCc1cn(C)nc1C(F)(F)F)NCCc1cccc(C(=O)NC)c1. The summed E-state index contributed by atoms with van der Waals surface area (Å²) >= 11 is 0. The summed E-state index contributed by atoms with van der Waals surface area (Å²) < 4.78 is 40.3. The van der Waals surface area contributed by atoms with E-state index in [4.69, 9.17) is 0 Å². The maximum atomic E-state index is 13.1. The maximum Gasteiger partial charge on any atom is 0.435 e. The van der Waals surface area contributed by atoms with Crippen molar-refractivity contribution < 1.29 is 18.0 Å². The van der Waals surface area contributed by atoms with Gasteiger partial charge < -0.3 is 16.0 Å². The van der Waals surface area contributed by atoms with Crippen LogP contribution in [-0.4, -0.2) is 41.8 Å². The minimum absolute atomic E-state index is 0.00971. The monoisotopic (exact) mass is 410 g/mol. The van der Waals surface area contributed by atoms with Gasteiger partial charge in [0.1, 0.15) is 0 Å². The van der Waals surface area contributed by atoms with Gasteiger partial charge in [-0.25, -0.2) is 4.99 Å². The molecule has 0 saturated heterocycles. The van der Waals surface area contributed by atoms with Crippen molar-refractivity contribution >= 4 is 11.9 Å². The first kappa shape index (κ1) is 22.3. The average Bonchev–Trinajstić information content (AvgIpc) is 3.07. The van der Waals surface area contributed by atoms with Gasteiger partial charge in [-0.05, 0) is 31.0 Å². The lowest BCUT2D eigenvalue weighted by Crippen LogP contribution is -2.38. The number of guanidine groups is 1.